The van der Waals surface area contributed by atoms with Crippen LogP contribution in [0.1, 0.15) is 17.7 Å². The van der Waals surface area contributed by atoms with Crippen molar-refractivity contribution >= 4 is 11.5 Å². The quantitative estimate of drug-likeness (QED) is 0.912. The Morgan fingerprint density at radius 1 is 1.16 bits per heavy atom. The molecule has 19 heavy (non-hydrogen) atoms. The predicted octanol–water partition coefficient (Wildman–Crippen LogP) is 2.28. The largest absolute Gasteiger partial charge is 0.325 e. The zero-order valence-corrected chi connectivity index (χ0v) is 11.1. The van der Waals surface area contributed by atoms with Gasteiger partial charge >= 0.3 is 0 Å². The van der Waals surface area contributed by atoms with Crippen LogP contribution in [0.5, 0.6) is 0 Å². The molecular weight excluding hydrogens is 236 g/mol. The summed E-state index contributed by atoms with van der Waals surface area (Å²) in [5.74, 6) is 0.937. The Balaban J connectivity index is 1.90. The minimum absolute atomic E-state index is 0.754. The minimum Gasteiger partial charge on any atom is -0.325 e. The summed E-state index contributed by atoms with van der Waals surface area (Å²) in [7, 11) is 1.91. The molecule has 0 bridgehead atoms. The number of para-hydroxylation sites is 1. The number of rotatable bonds is 3. The van der Waals surface area contributed by atoms with Gasteiger partial charge in [-0.25, -0.2) is 0 Å². The van der Waals surface area contributed by atoms with Crippen molar-refractivity contribution in [3.8, 4) is 0 Å². The van der Waals surface area contributed by atoms with Crippen LogP contribution >= 0.6 is 0 Å². The third-order valence-electron chi connectivity index (χ3n) is 3.45. The van der Waals surface area contributed by atoms with E-state index in [4.69, 9.17) is 0 Å². The van der Waals surface area contributed by atoms with Gasteiger partial charge in [0.1, 0.15) is 0 Å². The molecule has 2 aromatic rings. The van der Waals surface area contributed by atoms with E-state index in [1.54, 1.807) is 0 Å². The molecule has 0 fully saturated rings. The number of nitrogens with zero attached hydrogens (tertiary/aromatic N) is 3. The first kappa shape index (κ1) is 12.1. The van der Waals surface area contributed by atoms with Crippen LogP contribution in [-0.4, -0.2) is 23.8 Å². The molecular formula is C15H18N4. The van der Waals surface area contributed by atoms with Crippen LogP contribution in [-0.2, 0) is 13.0 Å². The molecule has 0 amide bonds. The van der Waals surface area contributed by atoms with E-state index in [0.29, 0.717) is 0 Å². The summed E-state index contributed by atoms with van der Waals surface area (Å²) in [6, 6.07) is 12.6. The Labute approximate surface area is 113 Å². The SMILES string of the molecule is CNCc1ccc(N2CCCc3ccccc32)nn1. The third-order valence-corrected chi connectivity index (χ3v) is 3.45. The Bertz CT molecular complexity index is 550. The van der Waals surface area contributed by atoms with Crippen LogP contribution in [0.15, 0.2) is 36.4 Å². The fourth-order valence-corrected chi connectivity index (χ4v) is 2.54. The standard InChI is InChI=1S/C15H18N4/c1-16-11-13-8-9-15(18-17-13)19-10-4-6-12-5-2-3-7-14(12)19/h2-3,5,7-9,16H,4,6,10-11H2,1H3. The van der Waals surface area contributed by atoms with Crippen molar-refractivity contribution in [1.29, 1.82) is 0 Å². The molecule has 0 atom stereocenters. The van der Waals surface area contributed by atoms with Gasteiger partial charge in [0.2, 0.25) is 0 Å². The van der Waals surface area contributed by atoms with Crippen molar-refractivity contribution in [2.75, 3.05) is 18.5 Å². The van der Waals surface area contributed by atoms with E-state index in [9.17, 15) is 0 Å². The van der Waals surface area contributed by atoms with E-state index in [1.165, 1.54) is 11.3 Å². The lowest BCUT2D eigenvalue weighted by molar-refractivity contribution is 0.736. The molecule has 0 radical (unpaired) electrons. The van der Waals surface area contributed by atoms with Gasteiger partial charge in [0.05, 0.1) is 5.69 Å². The summed E-state index contributed by atoms with van der Waals surface area (Å²) >= 11 is 0. The molecule has 2 heterocycles. The minimum atomic E-state index is 0.754. The highest BCUT2D eigenvalue weighted by atomic mass is 15.3. The second kappa shape index (κ2) is 5.36. The van der Waals surface area contributed by atoms with E-state index in [-0.39, 0.29) is 0 Å². The Kier molecular flexibility index (Phi) is 3.42. The number of fused-ring (bicyclic) bond motifs is 1. The number of aryl methyl sites for hydroxylation is 1. The van der Waals surface area contributed by atoms with Gasteiger partial charge in [0.25, 0.3) is 0 Å². The lowest BCUT2D eigenvalue weighted by Crippen LogP contribution is -2.25. The van der Waals surface area contributed by atoms with Crippen molar-refractivity contribution in [3.05, 3.63) is 47.7 Å². The monoisotopic (exact) mass is 254 g/mol. The van der Waals surface area contributed by atoms with Gasteiger partial charge in [-0.2, -0.15) is 5.10 Å². The van der Waals surface area contributed by atoms with Gasteiger partial charge in [0.15, 0.2) is 5.82 Å². The topological polar surface area (TPSA) is 41.0 Å². The average Bonchev–Trinajstić information content (AvgIpc) is 2.48. The molecule has 98 valence electrons. The van der Waals surface area contributed by atoms with Crippen molar-refractivity contribution in [1.82, 2.24) is 15.5 Å². The van der Waals surface area contributed by atoms with Crippen LogP contribution in [0.3, 0.4) is 0 Å². The predicted molar refractivity (Wildman–Crippen MR) is 76.6 cm³/mol. The second-order valence-corrected chi connectivity index (χ2v) is 4.80. The maximum Gasteiger partial charge on any atom is 0.155 e. The van der Waals surface area contributed by atoms with E-state index >= 15 is 0 Å². The number of anilines is 2. The number of nitrogens with one attached hydrogen (secondary N) is 1. The fourth-order valence-electron chi connectivity index (χ4n) is 2.54. The molecule has 0 aliphatic carbocycles. The van der Waals surface area contributed by atoms with E-state index < -0.39 is 0 Å². The molecule has 1 aromatic heterocycles. The number of hydrogen-bond donors (Lipinski definition) is 1. The van der Waals surface area contributed by atoms with Crippen LogP contribution in [0.4, 0.5) is 11.5 Å². The lowest BCUT2D eigenvalue weighted by Gasteiger charge is -2.29. The molecule has 0 saturated carbocycles. The van der Waals surface area contributed by atoms with Gasteiger partial charge in [0, 0.05) is 18.8 Å². The van der Waals surface area contributed by atoms with Gasteiger partial charge in [-0.15, -0.1) is 5.10 Å². The van der Waals surface area contributed by atoms with E-state index in [1.807, 2.05) is 13.1 Å². The van der Waals surface area contributed by atoms with Crippen molar-refractivity contribution in [2.45, 2.75) is 19.4 Å². The second-order valence-electron chi connectivity index (χ2n) is 4.80. The molecule has 0 spiro atoms. The molecule has 1 aromatic carbocycles. The molecule has 4 nitrogen and oxygen atoms in total. The van der Waals surface area contributed by atoms with Crippen molar-refractivity contribution in [3.63, 3.8) is 0 Å². The van der Waals surface area contributed by atoms with E-state index in [2.05, 4.69) is 50.7 Å². The highest BCUT2D eigenvalue weighted by molar-refractivity contribution is 5.64. The van der Waals surface area contributed by atoms with Crippen molar-refractivity contribution < 1.29 is 0 Å². The maximum absolute atomic E-state index is 4.36. The lowest BCUT2D eigenvalue weighted by atomic mass is 10.0. The summed E-state index contributed by atoms with van der Waals surface area (Å²) in [6.45, 7) is 1.76. The Morgan fingerprint density at radius 2 is 2.05 bits per heavy atom. The summed E-state index contributed by atoms with van der Waals surface area (Å²) in [6.07, 6.45) is 2.31. The molecule has 1 aliphatic heterocycles. The fraction of sp³-hybridized carbons (Fsp3) is 0.333. The molecule has 0 unspecified atom stereocenters. The summed E-state index contributed by atoms with van der Waals surface area (Å²) in [4.78, 5) is 2.26. The smallest absolute Gasteiger partial charge is 0.155 e. The van der Waals surface area contributed by atoms with Crippen LogP contribution in [0.2, 0.25) is 0 Å². The van der Waals surface area contributed by atoms with Crippen LogP contribution < -0.4 is 10.2 Å². The Hall–Kier alpha value is -1.94. The summed E-state index contributed by atoms with van der Waals surface area (Å²) in [5, 5.41) is 11.7. The molecule has 3 rings (SSSR count). The third kappa shape index (κ3) is 2.44. The van der Waals surface area contributed by atoms with Gasteiger partial charge < -0.3 is 10.2 Å². The zero-order valence-electron chi connectivity index (χ0n) is 11.1. The van der Waals surface area contributed by atoms with Gasteiger partial charge in [-0.05, 0) is 43.7 Å². The van der Waals surface area contributed by atoms with Crippen LogP contribution in [0.25, 0.3) is 0 Å². The number of benzene rings is 1. The molecule has 4 heteroatoms. The first-order chi connectivity index (χ1) is 9.38. The highest BCUT2D eigenvalue weighted by Gasteiger charge is 2.18. The molecule has 1 aliphatic rings. The van der Waals surface area contributed by atoms with Crippen molar-refractivity contribution in [2.24, 2.45) is 0 Å². The first-order valence-electron chi connectivity index (χ1n) is 6.71. The van der Waals surface area contributed by atoms with Gasteiger partial charge in [-0.3, -0.25) is 0 Å². The van der Waals surface area contributed by atoms with Crippen LogP contribution in [0, 0.1) is 0 Å². The number of hydrogen-bond acceptors (Lipinski definition) is 4. The zero-order chi connectivity index (χ0) is 13.1. The number of aromatic nitrogens is 2. The normalized spacial score (nSPS) is 14.3. The summed E-state index contributed by atoms with van der Waals surface area (Å²) in [5.41, 5.74) is 3.64. The molecule has 1 N–H and O–H groups in total. The first-order valence-corrected chi connectivity index (χ1v) is 6.71. The van der Waals surface area contributed by atoms with E-state index in [0.717, 1.165) is 37.4 Å². The average molecular weight is 254 g/mol. The molecule has 0 saturated heterocycles. The summed E-state index contributed by atoms with van der Waals surface area (Å²) < 4.78 is 0. The highest BCUT2D eigenvalue weighted by Crippen LogP contribution is 2.31. The Morgan fingerprint density at radius 3 is 2.84 bits per heavy atom. The van der Waals surface area contributed by atoms with Gasteiger partial charge in [-0.1, -0.05) is 18.2 Å². The maximum atomic E-state index is 4.36.